The molecule has 0 fully saturated rings. The van der Waals surface area contributed by atoms with Gasteiger partial charge >= 0.3 is 6.18 Å². The van der Waals surface area contributed by atoms with E-state index in [1.54, 1.807) is 18.1 Å². The molecular formula is C28H26ClF3N2O2. The van der Waals surface area contributed by atoms with Crippen LogP contribution < -0.4 is 4.74 Å². The van der Waals surface area contributed by atoms with Crippen LogP contribution >= 0.6 is 11.6 Å². The maximum atomic E-state index is 13.5. The molecule has 1 unspecified atom stereocenters. The summed E-state index contributed by atoms with van der Waals surface area (Å²) in [5.41, 5.74) is 3.14. The van der Waals surface area contributed by atoms with E-state index in [4.69, 9.17) is 16.3 Å². The van der Waals surface area contributed by atoms with Crippen molar-refractivity contribution in [3.63, 3.8) is 0 Å². The number of hydrogen-bond acceptors (Lipinski definition) is 2. The minimum absolute atomic E-state index is 0.203. The Kier molecular flexibility index (Phi) is 7.31. The molecule has 5 rings (SSSR count). The molecular weight excluding hydrogens is 489 g/mol. The first kappa shape index (κ1) is 25.6. The lowest BCUT2D eigenvalue weighted by molar-refractivity contribution is -0.137. The Labute approximate surface area is 212 Å². The van der Waals surface area contributed by atoms with Crippen LogP contribution in [0.1, 0.15) is 52.6 Å². The van der Waals surface area contributed by atoms with E-state index in [1.165, 1.54) is 12.1 Å². The van der Waals surface area contributed by atoms with Crippen LogP contribution in [0.15, 0.2) is 66.7 Å². The summed E-state index contributed by atoms with van der Waals surface area (Å²) in [6.45, 7) is 4.41. The Bertz CT molecular complexity index is 1360. The molecule has 8 heteroatoms. The van der Waals surface area contributed by atoms with Crippen molar-refractivity contribution in [1.82, 2.24) is 9.88 Å². The quantitative estimate of drug-likeness (QED) is 0.305. The van der Waals surface area contributed by atoms with Gasteiger partial charge in [-0.25, -0.2) is 0 Å². The van der Waals surface area contributed by atoms with Gasteiger partial charge in [0.05, 0.1) is 18.7 Å². The van der Waals surface area contributed by atoms with Crippen LogP contribution in [-0.4, -0.2) is 29.4 Å². The number of nitrogens with one attached hydrogen (secondary N) is 1. The molecule has 1 amide bonds. The number of H-pyrrole nitrogens is 1. The predicted octanol–water partition coefficient (Wildman–Crippen LogP) is 7.66. The first-order chi connectivity index (χ1) is 17.3. The van der Waals surface area contributed by atoms with Crippen molar-refractivity contribution in [3.05, 3.63) is 99.7 Å². The molecule has 1 atom stereocenters. The third-order valence-electron chi connectivity index (χ3n) is 6.24. The van der Waals surface area contributed by atoms with Gasteiger partial charge in [0, 0.05) is 33.7 Å². The van der Waals surface area contributed by atoms with Crippen LogP contribution in [0, 0.1) is 0 Å². The number of aromatic nitrogens is 1. The van der Waals surface area contributed by atoms with Crippen molar-refractivity contribution in [3.8, 4) is 5.75 Å². The zero-order chi connectivity index (χ0) is 26.0. The summed E-state index contributed by atoms with van der Waals surface area (Å²) in [6, 6.07) is 16.9. The van der Waals surface area contributed by atoms with E-state index in [1.807, 2.05) is 50.2 Å². The molecule has 0 aliphatic carbocycles. The van der Waals surface area contributed by atoms with Gasteiger partial charge in [0.1, 0.15) is 5.75 Å². The lowest BCUT2D eigenvalue weighted by Crippen LogP contribution is -2.40. The number of ether oxygens (including phenoxy) is 1. The summed E-state index contributed by atoms with van der Waals surface area (Å²) < 4.78 is 44.3. The summed E-state index contributed by atoms with van der Waals surface area (Å²) in [5.74, 6) is 0.348. The van der Waals surface area contributed by atoms with Crippen molar-refractivity contribution >= 4 is 28.4 Å². The number of alkyl halides is 3. The van der Waals surface area contributed by atoms with Crippen LogP contribution in [0.3, 0.4) is 0 Å². The fraction of sp³-hybridized carbons (Fsp3) is 0.250. The number of carbonyl (C=O) groups excluding carboxylic acids is 1. The maximum absolute atomic E-state index is 13.5. The molecule has 4 aromatic rings. The summed E-state index contributed by atoms with van der Waals surface area (Å²) >= 11 is 6.24. The van der Waals surface area contributed by atoms with Gasteiger partial charge in [-0.3, -0.25) is 4.79 Å². The number of hydrogen-bond donors (Lipinski definition) is 1. The number of amides is 1. The monoisotopic (exact) mass is 514 g/mol. The number of carbonyl (C=O) groups is 1. The number of nitrogens with zero attached hydrogens (tertiary/aromatic N) is 1. The highest BCUT2D eigenvalue weighted by Crippen LogP contribution is 2.40. The lowest BCUT2D eigenvalue weighted by Gasteiger charge is -2.36. The molecule has 1 aliphatic heterocycles. The van der Waals surface area contributed by atoms with Gasteiger partial charge in [-0.1, -0.05) is 37.6 Å². The molecule has 1 aromatic heterocycles. The summed E-state index contributed by atoms with van der Waals surface area (Å²) in [7, 11) is 1.58. The smallest absolute Gasteiger partial charge is 0.416 e. The number of aromatic amines is 1. The van der Waals surface area contributed by atoms with E-state index in [2.05, 4.69) is 4.98 Å². The van der Waals surface area contributed by atoms with Crippen molar-refractivity contribution in [2.75, 3.05) is 13.7 Å². The lowest BCUT2D eigenvalue weighted by atomic mass is 9.91. The van der Waals surface area contributed by atoms with Gasteiger partial charge in [-0.15, -0.1) is 0 Å². The van der Waals surface area contributed by atoms with Gasteiger partial charge < -0.3 is 14.6 Å². The van der Waals surface area contributed by atoms with Gasteiger partial charge in [-0.05, 0) is 72.1 Å². The second kappa shape index (κ2) is 10.3. The summed E-state index contributed by atoms with van der Waals surface area (Å²) in [4.78, 5) is 18.7. The Morgan fingerprint density at radius 3 is 2.31 bits per heavy atom. The van der Waals surface area contributed by atoms with Crippen molar-refractivity contribution in [1.29, 1.82) is 0 Å². The second-order valence-corrected chi connectivity index (χ2v) is 8.64. The largest absolute Gasteiger partial charge is 0.497 e. The average Bonchev–Trinajstić information content (AvgIpc) is 3.26. The highest BCUT2D eigenvalue weighted by molar-refractivity contribution is 6.31. The van der Waals surface area contributed by atoms with E-state index >= 15 is 0 Å². The van der Waals surface area contributed by atoms with Crippen LogP contribution in [0.4, 0.5) is 13.2 Å². The molecule has 0 bridgehead atoms. The van der Waals surface area contributed by atoms with E-state index < -0.39 is 17.8 Å². The molecule has 188 valence electrons. The van der Waals surface area contributed by atoms with Crippen molar-refractivity contribution in [2.24, 2.45) is 0 Å². The topological polar surface area (TPSA) is 45.3 Å². The van der Waals surface area contributed by atoms with Crippen LogP contribution in [-0.2, 0) is 12.6 Å². The standard InChI is InChI=1S/C26H20ClF3N2O2.C2H6/c1-34-19-9-4-15(5-10-19)24-23-20(21-14-18(27)8-11-22(21)31-23)12-13-32(24)25(33)16-2-6-17(7-3-16)26(28,29)30;1-2/h2-11,14,24,31H,12-13H2,1H3;1-2H3. The molecule has 1 N–H and O–H groups in total. The van der Waals surface area contributed by atoms with E-state index in [0.717, 1.165) is 39.9 Å². The van der Waals surface area contributed by atoms with Crippen LogP contribution in [0.5, 0.6) is 5.75 Å². The SMILES string of the molecule is CC.COc1ccc(C2c3[nH]c4ccc(Cl)cc4c3CCN2C(=O)c2ccc(C(F)(F)F)cc2)cc1. The van der Waals surface area contributed by atoms with Gasteiger partial charge in [0.25, 0.3) is 5.91 Å². The molecule has 0 saturated carbocycles. The number of rotatable bonds is 3. The summed E-state index contributed by atoms with van der Waals surface area (Å²) in [5, 5.41) is 1.63. The molecule has 0 saturated heterocycles. The summed E-state index contributed by atoms with van der Waals surface area (Å²) in [6.07, 6.45) is -3.87. The van der Waals surface area contributed by atoms with E-state index in [-0.39, 0.29) is 11.5 Å². The molecule has 36 heavy (non-hydrogen) atoms. The molecule has 1 aliphatic rings. The zero-order valence-corrected chi connectivity index (χ0v) is 20.9. The van der Waals surface area contributed by atoms with Crippen LogP contribution in [0.25, 0.3) is 10.9 Å². The second-order valence-electron chi connectivity index (χ2n) is 8.21. The first-order valence-corrected chi connectivity index (χ1v) is 12.1. The minimum atomic E-state index is -4.46. The van der Waals surface area contributed by atoms with E-state index in [9.17, 15) is 18.0 Å². The number of methoxy groups -OCH3 is 1. The Hall–Kier alpha value is -3.45. The Morgan fingerprint density at radius 1 is 1.03 bits per heavy atom. The molecule has 0 radical (unpaired) electrons. The average molecular weight is 515 g/mol. The number of fused-ring (bicyclic) bond motifs is 3. The van der Waals surface area contributed by atoms with Gasteiger partial charge in [0.2, 0.25) is 0 Å². The van der Waals surface area contributed by atoms with Gasteiger partial charge in [0.15, 0.2) is 0 Å². The molecule has 2 heterocycles. The van der Waals surface area contributed by atoms with Crippen LogP contribution in [0.2, 0.25) is 5.02 Å². The normalized spacial score (nSPS) is 15.2. The maximum Gasteiger partial charge on any atom is 0.416 e. The molecule has 4 nitrogen and oxygen atoms in total. The number of benzene rings is 3. The minimum Gasteiger partial charge on any atom is -0.497 e. The predicted molar refractivity (Wildman–Crippen MR) is 136 cm³/mol. The third-order valence-corrected chi connectivity index (χ3v) is 6.48. The number of halogens is 4. The van der Waals surface area contributed by atoms with Crippen molar-refractivity contribution in [2.45, 2.75) is 32.5 Å². The van der Waals surface area contributed by atoms with E-state index in [0.29, 0.717) is 23.7 Å². The first-order valence-electron chi connectivity index (χ1n) is 11.7. The molecule has 0 spiro atoms. The fourth-order valence-electron chi connectivity index (χ4n) is 4.58. The van der Waals surface area contributed by atoms with Gasteiger partial charge in [-0.2, -0.15) is 13.2 Å². The third kappa shape index (κ3) is 4.80. The molecule has 3 aromatic carbocycles. The fourth-order valence-corrected chi connectivity index (χ4v) is 4.75. The van der Waals surface area contributed by atoms with Crippen molar-refractivity contribution < 1.29 is 22.7 Å². The zero-order valence-electron chi connectivity index (χ0n) is 20.1. The highest BCUT2D eigenvalue weighted by Gasteiger charge is 2.36. The highest BCUT2D eigenvalue weighted by atomic mass is 35.5. The Morgan fingerprint density at radius 2 is 1.69 bits per heavy atom. The Balaban J connectivity index is 0.00000148.